The lowest BCUT2D eigenvalue weighted by Crippen LogP contribution is -2.06. The molecule has 5 nitrogen and oxygen atoms in total. The van der Waals surface area contributed by atoms with Gasteiger partial charge >= 0.3 is 0 Å². The van der Waals surface area contributed by atoms with E-state index in [2.05, 4.69) is 26.5 Å². The number of benzene rings is 2. The fourth-order valence-electron chi connectivity index (χ4n) is 2.89. The standard InChI is InChI=1S/C20H16N4O/c1-13-6-5-9-15(12-13)20-18(16-10-11-17(25)22-21-16)19(23-24-20)14-7-3-2-4-8-14/h2-12H,1H3,(H,22,25)(H,23,24). The van der Waals surface area contributed by atoms with Crippen molar-refractivity contribution in [3.8, 4) is 33.8 Å². The molecule has 0 fully saturated rings. The van der Waals surface area contributed by atoms with E-state index in [1.807, 2.05) is 55.5 Å². The smallest absolute Gasteiger partial charge is 0.264 e. The lowest BCUT2D eigenvalue weighted by Gasteiger charge is -2.06. The molecule has 0 aliphatic carbocycles. The Morgan fingerprint density at radius 2 is 1.60 bits per heavy atom. The number of aromatic amines is 2. The minimum Gasteiger partial charge on any atom is -0.277 e. The van der Waals surface area contributed by atoms with Gasteiger partial charge in [-0.2, -0.15) is 10.2 Å². The van der Waals surface area contributed by atoms with Crippen molar-refractivity contribution < 1.29 is 0 Å². The Morgan fingerprint density at radius 1 is 0.800 bits per heavy atom. The van der Waals surface area contributed by atoms with E-state index in [1.54, 1.807) is 6.07 Å². The molecular weight excluding hydrogens is 312 g/mol. The molecule has 0 radical (unpaired) electrons. The van der Waals surface area contributed by atoms with Gasteiger partial charge in [0.1, 0.15) is 5.69 Å². The third kappa shape index (κ3) is 2.87. The Balaban J connectivity index is 1.98. The first kappa shape index (κ1) is 15.1. The lowest BCUT2D eigenvalue weighted by atomic mass is 9.98. The maximum absolute atomic E-state index is 11.4. The molecule has 0 amide bonds. The van der Waals surface area contributed by atoms with Gasteiger partial charge in [0.05, 0.1) is 17.0 Å². The summed E-state index contributed by atoms with van der Waals surface area (Å²) in [6, 6.07) is 21.3. The summed E-state index contributed by atoms with van der Waals surface area (Å²) in [6.45, 7) is 2.05. The highest BCUT2D eigenvalue weighted by molar-refractivity contribution is 5.89. The number of H-pyrrole nitrogens is 2. The maximum Gasteiger partial charge on any atom is 0.264 e. The lowest BCUT2D eigenvalue weighted by molar-refractivity contribution is 0.996. The van der Waals surface area contributed by atoms with Gasteiger partial charge < -0.3 is 0 Å². The van der Waals surface area contributed by atoms with Gasteiger partial charge in [-0.15, -0.1) is 0 Å². The van der Waals surface area contributed by atoms with E-state index in [9.17, 15) is 4.79 Å². The van der Waals surface area contributed by atoms with Crippen molar-refractivity contribution in [3.63, 3.8) is 0 Å². The zero-order valence-corrected chi connectivity index (χ0v) is 13.7. The average Bonchev–Trinajstić information content (AvgIpc) is 3.08. The van der Waals surface area contributed by atoms with Gasteiger partial charge in [-0.3, -0.25) is 9.89 Å². The summed E-state index contributed by atoms with van der Waals surface area (Å²) in [4.78, 5) is 11.4. The maximum atomic E-state index is 11.4. The predicted molar refractivity (Wildman–Crippen MR) is 98.0 cm³/mol. The van der Waals surface area contributed by atoms with Crippen molar-refractivity contribution in [2.24, 2.45) is 0 Å². The number of aryl methyl sites for hydroxylation is 1. The molecule has 2 N–H and O–H groups in total. The van der Waals surface area contributed by atoms with E-state index in [-0.39, 0.29) is 5.56 Å². The first-order chi connectivity index (χ1) is 12.2. The molecule has 4 rings (SSSR count). The van der Waals surface area contributed by atoms with Crippen LogP contribution < -0.4 is 5.56 Å². The van der Waals surface area contributed by atoms with Gasteiger partial charge in [-0.05, 0) is 19.1 Å². The Morgan fingerprint density at radius 3 is 2.32 bits per heavy atom. The van der Waals surface area contributed by atoms with Crippen molar-refractivity contribution in [1.82, 2.24) is 20.4 Å². The topological polar surface area (TPSA) is 74.4 Å². The van der Waals surface area contributed by atoms with Crippen LogP contribution in [0.1, 0.15) is 5.56 Å². The molecule has 0 bridgehead atoms. The van der Waals surface area contributed by atoms with Crippen molar-refractivity contribution in [1.29, 1.82) is 0 Å². The predicted octanol–water partition coefficient (Wildman–Crippen LogP) is 3.80. The van der Waals surface area contributed by atoms with Gasteiger partial charge in [0, 0.05) is 17.2 Å². The zero-order valence-electron chi connectivity index (χ0n) is 13.7. The van der Waals surface area contributed by atoms with Crippen LogP contribution in [0.25, 0.3) is 33.8 Å². The van der Waals surface area contributed by atoms with E-state index >= 15 is 0 Å². The Bertz CT molecular complexity index is 1060. The van der Waals surface area contributed by atoms with Crippen molar-refractivity contribution in [2.45, 2.75) is 6.92 Å². The summed E-state index contributed by atoms with van der Waals surface area (Å²) >= 11 is 0. The Kier molecular flexibility index (Phi) is 3.74. The highest BCUT2D eigenvalue weighted by Gasteiger charge is 2.19. The first-order valence-corrected chi connectivity index (χ1v) is 7.99. The molecule has 0 atom stereocenters. The highest BCUT2D eigenvalue weighted by atomic mass is 16.1. The number of hydrogen-bond donors (Lipinski definition) is 2. The third-order valence-electron chi connectivity index (χ3n) is 4.06. The molecular formula is C20H16N4O. The highest BCUT2D eigenvalue weighted by Crippen LogP contribution is 2.37. The second-order valence-corrected chi connectivity index (χ2v) is 5.86. The van der Waals surface area contributed by atoms with Crippen LogP contribution >= 0.6 is 0 Å². The molecule has 0 unspecified atom stereocenters. The summed E-state index contributed by atoms with van der Waals surface area (Å²) in [5, 5.41) is 14.4. The Hall–Kier alpha value is -3.47. The van der Waals surface area contributed by atoms with Gasteiger partial charge in [0.25, 0.3) is 5.56 Å². The normalized spacial score (nSPS) is 10.8. The van der Waals surface area contributed by atoms with Crippen LogP contribution in [0.3, 0.4) is 0 Å². The van der Waals surface area contributed by atoms with E-state index in [0.29, 0.717) is 5.69 Å². The van der Waals surface area contributed by atoms with Gasteiger partial charge in [0.2, 0.25) is 0 Å². The Labute approximate surface area is 144 Å². The second kappa shape index (κ2) is 6.20. The number of nitrogens with zero attached hydrogens (tertiary/aromatic N) is 2. The summed E-state index contributed by atoms with van der Waals surface area (Å²) in [7, 11) is 0. The minimum absolute atomic E-state index is 0.231. The molecule has 0 spiro atoms. The molecule has 25 heavy (non-hydrogen) atoms. The number of hydrogen-bond acceptors (Lipinski definition) is 3. The molecule has 2 heterocycles. The summed E-state index contributed by atoms with van der Waals surface area (Å²) in [5.41, 5.74) is 6.15. The van der Waals surface area contributed by atoms with Crippen molar-refractivity contribution >= 4 is 0 Å². The monoisotopic (exact) mass is 328 g/mol. The van der Waals surface area contributed by atoms with Crippen LogP contribution in [-0.4, -0.2) is 20.4 Å². The van der Waals surface area contributed by atoms with Gasteiger partial charge in [0.15, 0.2) is 0 Å². The summed E-state index contributed by atoms with van der Waals surface area (Å²) in [6.07, 6.45) is 0. The van der Waals surface area contributed by atoms with Crippen molar-refractivity contribution in [3.05, 3.63) is 82.6 Å². The fourth-order valence-corrected chi connectivity index (χ4v) is 2.89. The number of nitrogens with one attached hydrogen (secondary N) is 2. The van der Waals surface area contributed by atoms with Crippen LogP contribution in [0, 0.1) is 6.92 Å². The minimum atomic E-state index is -0.231. The fraction of sp³-hybridized carbons (Fsp3) is 0.0500. The van der Waals surface area contributed by atoms with Crippen LogP contribution in [0.5, 0.6) is 0 Å². The van der Waals surface area contributed by atoms with Crippen molar-refractivity contribution in [2.75, 3.05) is 0 Å². The zero-order chi connectivity index (χ0) is 17.2. The third-order valence-corrected chi connectivity index (χ3v) is 4.06. The second-order valence-electron chi connectivity index (χ2n) is 5.86. The molecule has 2 aromatic heterocycles. The molecule has 5 heteroatoms. The van der Waals surface area contributed by atoms with Gasteiger partial charge in [-0.1, -0.05) is 54.1 Å². The molecule has 0 saturated carbocycles. The van der Waals surface area contributed by atoms with Crippen LogP contribution in [0.15, 0.2) is 71.5 Å². The van der Waals surface area contributed by atoms with E-state index in [0.717, 1.165) is 33.6 Å². The summed E-state index contributed by atoms with van der Waals surface area (Å²) < 4.78 is 0. The first-order valence-electron chi connectivity index (χ1n) is 7.99. The molecule has 2 aromatic carbocycles. The molecule has 0 aliphatic rings. The van der Waals surface area contributed by atoms with Gasteiger partial charge in [-0.25, -0.2) is 5.10 Å². The average molecular weight is 328 g/mol. The van der Waals surface area contributed by atoms with Crippen LogP contribution in [-0.2, 0) is 0 Å². The van der Waals surface area contributed by atoms with Crippen LogP contribution in [0.4, 0.5) is 0 Å². The van der Waals surface area contributed by atoms with E-state index in [1.165, 1.54) is 6.07 Å². The largest absolute Gasteiger partial charge is 0.277 e. The SMILES string of the molecule is Cc1cccc(-c2n[nH]c(-c3ccccc3)c2-c2ccc(=O)[nH]n2)c1. The van der Waals surface area contributed by atoms with E-state index < -0.39 is 0 Å². The number of aromatic nitrogens is 4. The van der Waals surface area contributed by atoms with E-state index in [4.69, 9.17) is 0 Å². The summed E-state index contributed by atoms with van der Waals surface area (Å²) in [5.74, 6) is 0. The number of rotatable bonds is 3. The van der Waals surface area contributed by atoms with Crippen LogP contribution in [0.2, 0.25) is 0 Å². The molecule has 4 aromatic rings. The molecule has 0 saturated heterocycles. The molecule has 0 aliphatic heterocycles. The quantitative estimate of drug-likeness (QED) is 0.600. The molecule has 122 valence electrons.